The van der Waals surface area contributed by atoms with Gasteiger partial charge < -0.3 is 9.73 Å². The average molecular weight is 333 g/mol. The molecule has 2 aromatic rings. The van der Waals surface area contributed by atoms with E-state index in [2.05, 4.69) is 5.32 Å². The second-order valence-electron chi connectivity index (χ2n) is 4.08. The summed E-state index contributed by atoms with van der Waals surface area (Å²) >= 11 is 5.45. The molecule has 116 valence electrons. The average Bonchev–Trinajstić information content (AvgIpc) is 2.93. The number of imide groups is 1. The van der Waals surface area contributed by atoms with Crippen LogP contribution in [0.3, 0.4) is 0 Å². The molecule has 1 heterocycles. The molecular weight excluding hydrogens is 325 g/mol. The number of nitrogens with one attached hydrogen (secondary N) is 2. The smallest absolute Gasteiger partial charge is 0.417 e. The molecule has 0 bridgehead atoms. The van der Waals surface area contributed by atoms with Gasteiger partial charge in [-0.2, -0.15) is 13.2 Å². The fourth-order valence-electron chi connectivity index (χ4n) is 1.56. The molecule has 0 atom stereocenters. The standard InChI is InChI=1S/C13H8ClF3N2O3/c14-9-4-3-7(6-8(9)13(15,16)17)18-12(21)19-11(20)10-2-1-5-22-10/h1-6H,(H2,18,19,20,21). The Morgan fingerprint density at radius 1 is 1.18 bits per heavy atom. The number of carbonyl (C=O) groups excluding carboxylic acids is 2. The number of carbonyl (C=O) groups is 2. The predicted molar refractivity (Wildman–Crippen MR) is 71.6 cm³/mol. The van der Waals surface area contributed by atoms with Crippen LogP contribution in [0.15, 0.2) is 41.0 Å². The summed E-state index contributed by atoms with van der Waals surface area (Å²) in [5.74, 6) is -0.935. The van der Waals surface area contributed by atoms with Gasteiger partial charge in [-0.3, -0.25) is 10.1 Å². The Kier molecular flexibility index (Phi) is 4.41. The van der Waals surface area contributed by atoms with Gasteiger partial charge in [0.2, 0.25) is 0 Å². The summed E-state index contributed by atoms with van der Waals surface area (Å²) in [7, 11) is 0. The highest BCUT2D eigenvalue weighted by Crippen LogP contribution is 2.36. The molecule has 0 aliphatic heterocycles. The van der Waals surface area contributed by atoms with Crippen molar-refractivity contribution in [1.29, 1.82) is 0 Å². The topological polar surface area (TPSA) is 71.3 Å². The van der Waals surface area contributed by atoms with Crippen LogP contribution < -0.4 is 10.6 Å². The lowest BCUT2D eigenvalue weighted by molar-refractivity contribution is -0.137. The molecule has 0 saturated heterocycles. The summed E-state index contributed by atoms with van der Waals surface area (Å²) in [5, 5.41) is 3.51. The summed E-state index contributed by atoms with van der Waals surface area (Å²) in [5.41, 5.74) is -1.26. The van der Waals surface area contributed by atoms with Crippen molar-refractivity contribution >= 4 is 29.2 Å². The van der Waals surface area contributed by atoms with E-state index < -0.39 is 28.7 Å². The Morgan fingerprint density at radius 2 is 1.91 bits per heavy atom. The zero-order valence-corrected chi connectivity index (χ0v) is 11.5. The molecule has 9 heteroatoms. The Balaban J connectivity index is 2.07. The summed E-state index contributed by atoms with van der Waals surface area (Å²) < 4.78 is 42.8. The molecule has 0 radical (unpaired) electrons. The van der Waals surface area contributed by atoms with E-state index in [0.717, 1.165) is 6.07 Å². The Hall–Kier alpha value is -2.48. The van der Waals surface area contributed by atoms with Crippen LogP contribution in [0.2, 0.25) is 5.02 Å². The molecule has 0 unspecified atom stereocenters. The second-order valence-corrected chi connectivity index (χ2v) is 4.49. The Labute approximate surface area is 127 Å². The number of alkyl halides is 3. The summed E-state index contributed by atoms with van der Waals surface area (Å²) in [6.45, 7) is 0. The van der Waals surface area contributed by atoms with E-state index in [0.29, 0.717) is 6.07 Å². The van der Waals surface area contributed by atoms with Gasteiger partial charge in [-0.25, -0.2) is 4.79 Å². The first-order valence-electron chi connectivity index (χ1n) is 5.80. The number of benzene rings is 1. The number of hydrogen-bond acceptors (Lipinski definition) is 3. The first-order valence-corrected chi connectivity index (χ1v) is 6.18. The van der Waals surface area contributed by atoms with Crippen LogP contribution in [0.5, 0.6) is 0 Å². The molecule has 3 amide bonds. The van der Waals surface area contributed by atoms with Crippen molar-refractivity contribution in [3.8, 4) is 0 Å². The van der Waals surface area contributed by atoms with Crippen LogP contribution >= 0.6 is 11.6 Å². The van der Waals surface area contributed by atoms with Crippen molar-refractivity contribution in [2.45, 2.75) is 6.18 Å². The van der Waals surface area contributed by atoms with Crippen LogP contribution in [-0.4, -0.2) is 11.9 Å². The summed E-state index contributed by atoms with van der Waals surface area (Å²) in [4.78, 5) is 23.1. The Morgan fingerprint density at radius 3 is 2.50 bits per heavy atom. The number of halogens is 4. The summed E-state index contributed by atoms with van der Waals surface area (Å²) in [6.07, 6.45) is -3.42. The monoisotopic (exact) mass is 332 g/mol. The third kappa shape index (κ3) is 3.79. The predicted octanol–water partition coefficient (Wildman–Crippen LogP) is 3.91. The molecule has 0 fully saturated rings. The molecule has 2 N–H and O–H groups in total. The van der Waals surface area contributed by atoms with Crippen molar-refractivity contribution in [2.75, 3.05) is 5.32 Å². The molecule has 0 saturated carbocycles. The van der Waals surface area contributed by atoms with Crippen molar-refractivity contribution < 1.29 is 27.2 Å². The third-order valence-electron chi connectivity index (χ3n) is 2.50. The van der Waals surface area contributed by atoms with Crippen LogP contribution in [-0.2, 0) is 6.18 Å². The fraction of sp³-hybridized carbons (Fsp3) is 0.0769. The van der Waals surface area contributed by atoms with E-state index in [1.807, 2.05) is 5.32 Å². The van der Waals surface area contributed by atoms with E-state index >= 15 is 0 Å². The van der Waals surface area contributed by atoms with Crippen LogP contribution in [0, 0.1) is 0 Å². The quantitative estimate of drug-likeness (QED) is 0.875. The second kappa shape index (κ2) is 6.10. The normalized spacial score (nSPS) is 11.1. The van der Waals surface area contributed by atoms with Gasteiger partial charge in [0.25, 0.3) is 5.91 Å². The van der Waals surface area contributed by atoms with Crippen molar-refractivity contribution in [2.24, 2.45) is 0 Å². The van der Waals surface area contributed by atoms with Gasteiger partial charge in [-0.05, 0) is 30.3 Å². The van der Waals surface area contributed by atoms with E-state index in [-0.39, 0.29) is 11.4 Å². The molecule has 0 spiro atoms. The maximum atomic E-state index is 12.7. The molecule has 0 aliphatic rings. The van der Waals surface area contributed by atoms with E-state index in [4.69, 9.17) is 16.0 Å². The number of rotatable bonds is 2. The van der Waals surface area contributed by atoms with Gasteiger partial charge in [0.15, 0.2) is 5.76 Å². The highest BCUT2D eigenvalue weighted by Gasteiger charge is 2.33. The molecule has 22 heavy (non-hydrogen) atoms. The number of anilines is 1. The molecule has 0 aliphatic carbocycles. The van der Waals surface area contributed by atoms with Gasteiger partial charge in [-0.1, -0.05) is 11.6 Å². The summed E-state index contributed by atoms with van der Waals surface area (Å²) in [6, 6.07) is 4.60. The molecule has 1 aromatic carbocycles. The largest absolute Gasteiger partial charge is 0.459 e. The lowest BCUT2D eigenvalue weighted by atomic mass is 10.2. The number of amides is 3. The molecular formula is C13H8ClF3N2O3. The first-order chi connectivity index (χ1) is 10.3. The van der Waals surface area contributed by atoms with Gasteiger partial charge in [0.05, 0.1) is 16.8 Å². The number of urea groups is 1. The van der Waals surface area contributed by atoms with E-state index in [1.165, 1.54) is 24.5 Å². The van der Waals surface area contributed by atoms with Crippen molar-refractivity contribution in [1.82, 2.24) is 5.32 Å². The minimum atomic E-state index is -4.66. The van der Waals surface area contributed by atoms with Gasteiger partial charge in [0.1, 0.15) is 0 Å². The van der Waals surface area contributed by atoms with Crippen LogP contribution in [0.25, 0.3) is 0 Å². The van der Waals surface area contributed by atoms with Gasteiger partial charge >= 0.3 is 12.2 Å². The van der Waals surface area contributed by atoms with Gasteiger partial charge in [-0.15, -0.1) is 0 Å². The minimum Gasteiger partial charge on any atom is -0.459 e. The molecule has 2 rings (SSSR count). The molecule has 5 nitrogen and oxygen atoms in total. The maximum Gasteiger partial charge on any atom is 0.417 e. The third-order valence-corrected chi connectivity index (χ3v) is 2.83. The fourth-order valence-corrected chi connectivity index (χ4v) is 1.78. The number of furan rings is 1. The van der Waals surface area contributed by atoms with E-state index in [1.54, 1.807) is 0 Å². The number of hydrogen-bond donors (Lipinski definition) is 2. The SMILES string of the molecule is O=C(NC(=O)c1ccco1)Nc1ccc(Cl)c(C(F)(F)F)c1. The zero-order chi connectivity index (χ0) is 16.3. The lowest BCUT2D eigenvalue weighted by Crippen LogP contribution is -2.34. The lowest BCUT2D eigenvalue weighted by Gasteiger charge is -2.11. The molecule has 1 aromatic heterocycles. The van der Waals surface area contributed by atoms with E-state index in [9.17, 15) is 22.8 Å². The van der Waals surface area contributed by atoms with Crippen molar-refractivity contribution in [3.63, 3.8) is 0 Å². The van der Waals surface area contributed by atoms with Crippen molar-refractivity contribution in [3.05, 3.63) is 52.9 Å². The highest BCUT2D eigenvalue weighted by molar-refractivity contribution is 6.31. The maximum absolute atomic E-state index is 12.7. The van der Waals surface area contributed by atoms with Gasteiger partial charge in [0, 0.05) is 5.69 Å². The van der Waals surface area contributed by atoms with Crippen LogP contribution in [0.1, 0.15) is 16.1 Å². The van der Waals surface area contributed by atoms with Crippen LogP contribution in [0.4, 0.5) is 23.7 Å². The first kappa shape index (κ1) is 15.9. The minimum absolute atomic E-state index is 0.109. The Bertz CT molecular complexity index is 699. The zero-order valence-electron chi connectivity index (χ0n) is 10.7. The highest BCUT2D eigenvalue weighted by atomic mass is 35.5.